The van der Waals surface area contributed by atoms with E-state index in [1.165, 1.54) is 0 Å². The maximum absolute atomic E-state index is 5.44. The summed E-state index contributed by atoms with van der Waals surface area (Å²) in [7, 11) is 0. The number of aromatic nitrogens is 24. The molecule has 18 aromatic carbocycles. The topological polar surface area (TPSA) is 309 Å². The highest BCUT2D eigenvalue weighted by Gasteiger charge is 2.28. The second-order valence-corrected chi connectivity index (χ2v) is 35.9. The predicted molar refractivity (Wildman–Crippen MR) is 579 cm³/mol. The van der Waals surface area contributed by atoms with Gasteiger partial charge in [0.15, 0.2) is 81.5 Å². The molecule has 0 spiro atoms. The summed E-state index contributed by atoms with van der Waals surface area (Å²) >= 11 is 0. The average molecular weight is 1900 g/mol. The van der Waals surface area contributed by atoms with E-state index in [4.69, 9.17) is 99.7 Å². The molecule has 0 unspecified atom stereocenters. The van der Waals surface area contributed by atoms with Crippen LogP contribution in [0.5, 0.6) is 0 Å². The Morgan fingerprint density at radius 1 is 0.128 bits per heavy atom. The Balaban J connectivity index is 0.515. The van der Waals surface area contributed by atoms with Gasteiger partial charge >= 0.3 is 0 Å². The van der Waals surface area contributed by atoms with E-state index in [1.807, 2.05) is 267 Å². The van der Waals surface area contributed by atoms with Crippen molar-refractivity contribution in [3.63, 3.8) is 0 Å². The lowest BCUT2D eigenvalue weighted by atomic mass is 9.89. The molecule has 28 aromatic rings. The fourth-order valence-corrected chi connectivity index (χ4v) is 19.6. The maximum atomic E-state index is 5.44. The van der Waals surface area contributed by atoms with E-state index in [9.17, 15) is 0 Å². The van der Waals surface area contributed by atoms with Crippen LogP contribution in [-0.2, 0) is 0 Å². The number of pyridine rings is 2. The van der Waals surface area contributed by atoms with E-state index in [-0.39, 0.29) is 23.3 Å². The van der Waals surface area contributed by atoms with E-state index in [0.29, 0.717) is 98.2 Å². The van der Waals surface area contributed by atoms with E-state index < -0.39 is 0 Å². The molecule has 0 saturated heterocycles. The molecule has 686 valence electrons. The second-order valence-electron chi connectivity index (χ2n) is 35.9. The highest BCUT2D eigenvalue weighted by molar-refractivity contribution is 6.29. The Hall–Kier alpha value is -20.9. The largest absolute Gasteiger partial charge is 0.264 e. The summed E-state index contributed by atoms with van der Waals surface area (Å²) in [6, 6.07) is 128. The van der Waals surface area contributed by atoms with Gasteiger partial charge in [-0.1, -0.05) is 309 Å². The van der Waals surface area contributed by atoms with Crippen LogP contribution in [0, 0.1) is 0 Å². The molecule has 0 aliphatic carbocycles. The fraction of sp³-hybridized carbons (Fsp3) is 0. The van der Waals surface area contributed by atoms with Gasteiger partial charge in [0.1, 0.15) is 0 Å². The fourth-order valence-electron chi connectivity index (χ4n) is 19.6. The Kier molecular flexibility index (Phi) is 20.5. The molecule has 0 N–H and O–H groups in total. The first kappa shape index (κ1) is 85.1. The standard InChI is InChI=1S/C124H70N24/c1-6-17-78(18-7-1)107-131-108(79-19-8-2-9-20-79)137-117(136-107)94-55-44-76-43-54-93-97(58-47-77-40-51-90(94)103(76)106(77)93)120-146-123(121-142-109(80-21-10-3-11-22-80)132-110(143-121)81-23-12-4-13-24-81)148-124(147-120)122-144-111(82-25-14-5-15-26-82)133-114(145-122)85-38-32-73(33-39-85)98-59-50-89(70-130-98)72-30-36-84(37-31-72)113-135-116(87-49-61-100-102(68-87)129-66-64-127-100)141-119(139-113)96-57-46-75-41-52-91-95(56-45-74-42-53-92(96)105(75)104(74)91)118-138-112(83-34-28-71(29-35-83)88-27-16-62-125-69-88)134-115(140-118)86-48-60-99-101(67-86)128-65-63-126-99/h1-70H. The van der Waals surface area contributed by atoms with Crippen molar-refractivity contribution in [1.29, 1.82) is 0 Å². The van der Waals surface area contributed by atoms with Gasteiger partial charge in [-0.3, -0.25) is 29.9 Å². The molecule has 24 heteroatoms. The summed E-state index contributed by atoms with van der Waals surface area (Å²) in [6.07, 6.45) is 12.3. The zero-order valence-corrected chi connectivity index (χ0v) is 78.1. The number of benzene rings is 18. The molecule has 24 nitrogen and oxygen atoms in total. The van der Waals surface area contributed by atoms with Gasteiger partial charge in [0.25, 0.3) is 0 Å². The van der Waals surface area contributed by atoms with Crippen LogP contribution in [0.15, 0.2) is 426 Å². The predicted octanol–water partition coefficient (Wildman–Crippen LogP) is 26.9. The minimum atomic E-state index is 0.153. The monoisotopic (exact) mass is 1890 g/mol. The number of nitrogens with zero attached hydrogens (tertiary/aromatic N) is 24. The molecule has 0 bridgehead atoms. The third-order valence-corrected chi connectivity index (χ3v) is 26.9. The molecule has 0 fully saturated rings. The molecule has 0 aliphatic heterocycles. The molecule has 0 atom stereocenters. The lowest BCUT2D eigenvalue weighted by Gasteiger charge is -2.16. The summed E-state index contributed by atoms with van der Waals surface area (Å²) in [4.78, 5) is 123. The van der Waals surface area contributed by atoms with Crippen molar-refractivity contribution in [2.24, 2.45) is 0 Å². The molecule has 10 heterocycles. The smallest absolute Gasteiger partial charge is 0.202 e. The first-order valence-electron chi connectivity index (χ1n) is 48.1. The number of hydrogen-bond acceptors (Lipinski definition) is 24. The second kappa shape index (κ2) is 35.7. The normalized spacial score (nSPS) is 11.6. The lowest BCUT2D eigenvalue weighted by molar-refractivity contribution is 0.978. The van der Waals surface area contributed by atoms with Gasteiger partial charge in [-0.2, -0.15) is 0 Å². The molecule has 28 rings (SSSR count). The van der Waals surface area contributed by atoms with Crippen LogP contribution in [-0.4, -0.2) is 120 Å². The van der Waals surface area contributed by atoms with Gasteiger partial charge < -0.3 is 0 Å². The van der Waals surface area contributed by atoms with Gasteiger partial charge in [0.2, 0.25) is 23.3 Å². The average Bonchev–Trinajstić information content (AvgIpc) is 0.723. The van der Waals surface area contributed by atoms with Crippen molar-refractivity contribution in [2.45, 2.75) is 0 Å². The molecule has 0 amide bonds. The highest BCUT2D eigenvalue weighted by atomic mass is 15.2. The van der Waals surface area contributed by atoms with E-state index >= 15 is 0 Å². The zero-order chi connectivity index (χ0) is 97.6. The molecule has 0 radical (unpaired) electrons. The number of rotatable bonds is 19. The summed E-state index contributed by atoms with van der Waals surface area (Å²) < 4.78 is 0. The van der Waals surface area contributed by atoms with Crippen LogP contribution >= 0.6 is 0 Å². The third-order valence-electron chi connectivity index (χ3n) is 26.9. The van der Waals surface area contributed by atoms with E-state index in [2.05, 4.69) is 147 Å². The summed E-state index contributed by atoms with van der Waals surface area (Å²) in [5, 5.41) is 12.0. The molecular weight excluding hydrogens is 1830 g/mol. The van der Waals surface area contributed by atoms with E-state index in [1.54, 1.807) is 31.0 Å². The van der Waals surface area contributed by atoms with Crippen molar-refractivity contribution in [3.8, 4) is 216 Å². The third kappa shape index (κ3) is 15.6. The van der Waals surface area contributed by atoms with Gasteiger partial charge in [-0.25, -0.2) is 89.7 Å². The number of fused-ring (bicyclic) bond motifs is 2. The molecule has 148 heavy (non-hydrogen) atoms. The van der Waals surface area contributed by atoms with Crippen LogP contribution in [0.3, 0.4) is 0 Å². The first-order chi connectivity index (χ1) is 73.2. The Bertz CT molecular complexity index is 9960. The maximum Gasteiger partial charge on any atom is 0.202 e. The van der Waals surface area contributed by atoms with Crippen molar-refractivity contribution in [3.05, 3.63) is 426 Å². The molecular formula is C124H70N24. The Morgan fingerprint density at radius 3 is 0.655 bits per heavy atom. The van der Waals surface area contributed by atoms with Gasteiger partial charge in [0, 0.05) is 132 Å². The Labute approximate surface area is 842 Å². The van der Waals surface area contributed by atoms with Crippen molar-refractivity contribution < 1.29 is 0 Å². The minimum absolute atomic E-state index is 0.153. The lowest BCUT2D eigenvalue weighted by Crippen LogP contribution is -2.08. The zero-order valence-electron chi connectivity index (χ0n) is 78.1. The van der Waals surface area contributed by atoms with E-state index in [0.717, 1.165) is 181 Å². The van der Waals surface area contributed by atoms with Gasteiger partial charge in [0.05, 0.1) is 27.8 Å². The van der Waals surface area contributed by atoms with Crippen LogP contribution in [0.2, 0.25) is 0 Å². The van der Waals surface area contributed by atoms with Gasteiger partial charge in [-0.05, 0) is 154 Å². The number of hydrogen-bond donors (Lipinski definition) is 0. The Morgan fingerprint density at radius 2 is 0.358 bits per heavy atom. The molecule has 0 aliphatic rings. The SMILES string of the molecule is c1ccc(-c2nc(-c3ccccc3)nc(-c3nc(-c4nc(-c5ccccc5)nc(-c5ccc(-c6ccc(-c7ccc(-c8nc(-c9ccc%10nccnc%10c9)nc(-c9ccc%10ccc%11c(-c%12nc(-c%13ccc(-c%14cccnc%14)cc%13)nc(-c%13ccc%14nccnc%14c%13)n%12)ccc%12ccc9c%10c%12%11)n8)cc7)cn6)cc5)n4)nc(-c4ccc5ccc6c(-c7nc(-c8ccccc8)nc(-c8ccccc8)n7)ccc7ccc4c5c76)n3)n2)cc1. The van der Waals surface area contributed by atoms with Crippen molar-refractivity contribution in [1.82, 2.24) is 120 Å². The summed E-state index contributed by atoms with van der Waals surface area (Å²) in [5.74, 6) is 7.33. The van der Waals surface area contributed by atoms with Crippen molar-refractivity contribution in [2.75, 3.05) is 0 Å². The minimum Gasteiger partial charge on any atom is -0.264 e. The summed E-state index contributed by atoms with van der Waals surface area (Å²) in [5.41, 5.74) is 19.6. The van der Waals surface area contributed by atoms with Crippen LogP contribution in [0.25, 0.3) is 303 Å². The first-order valence-corrected chi connectivity index (χ1v) is 48.1. The molecule has 0 saturated carbocycles. The quantitative estimate of drug-likeness (QED) is 0.0679. The molecule has 10 aromatic heterocycles. The van der Waals surface area contributed by atoms with Crippen LogP contribution in [0.4, 0.5) is 0 Å². The van der Waals surface area contributed by atoms with Crippen molar-refractivity contribution >= 4 is 86.7 Å². The highest BCUT2D eigenvalue weighted by Crippen LogP contribution is 2.47. The van der Waals surface area contributed by atoms with Crippen LogP contribution in [0.1, 0.15) is 0 Å². The van der Waals surface area contributed by atoms with Crippen LogP contribution < -0.4 is 0 Å². The van der Waals surface area contributed by atoms with Gasteiger partial charge in [-0.15, -0.1) is 0 Å². The summed E-state index contributed by atoms with van der Waals surface area (Å²) in [6.45, 7) is 0.